The Morgan fingerprint density at radius 3 is 2.13 bits per heavy atom. The quantitative estimate of drug-likeness (QED) is 0.571. The first kappa shape index (κ1) is 21.4. The third kappa shape index (κ3) is 4.32. The molecule has 0 spiro atoms. The molecule has 4 nitrogen and oxygen atoms in total. The van der Waals surface area contributed by atoms with Crippen LogP contribution in [-0.4, -0.2) is 43.9 Å². The third-order valence-electron chi connectivity index (χ3n) is 6.39. The molecule has 0 aliphatic carbocycles. The summed E-state index contributed by atoms with van der Waals surface area (Å²) in [5.74, 6) is 1.28. The smallest absolute Gasteiger partial charge is 0.126 e. The molecule has 3 aromatic rings. The molecule has 2 atom stereocenters. The summed E-state index contributed by atoms with van der Waals surface area (Å²) in [5, 5.41) is 12.7. The zero-order chi connectivity index (χ0) is 21.7. The Morgan fingerprint density at radius 2 is 1.48 bits per heavy atom. The first-order valence-corrected chi connectivity index (χ1v) is 10.9. The van der Waals surface area contributed by atoms with Crippen molar-refractivity contribution in [1.82, 2.24) is 4.90 Å². The van der Waals surface area contributed by atoms with Gasteiger partial charge in [-0.25, -0.2) is 0 Å². The van der Waals surface area contributed by atoms with Crippen molar-refractivity contribution in [2.45, 2.75) is 24.4 Å². The fourth-order valence-electron chi connectivity index (χ4n) is 4.74. The number of methoxy groups -OCH3 is 2. The van der Waals surface area contributed by atoms with E-state index in [1.165, 1.54) is 12.8 Å². The van der Waals surface area contributed by atoms with Gasteiger partial charge in [-0.05, 0) is 55.3 Å². The van der Waals surface area contributed by atoms with Crippen molar-refractivity contribution in [3.63, 3.8) is 0 Å². The van der Waals surface area contributed by atoms with Crippen LogP contribution in [0.4, 0.5) is 0 Å². The van der Waals surface area contributed by atoms with Gasteiger partial charge in [-0.3, -0.25) is 0 Å². The Kier molecular flexibility index (Phi) is 6.59. The number of rotatable bonds is 8. The summed E-state index contributed by atoms with van der Waals surface area (Å²) in [7, 11) is 3.31. The lowest BCUT2D eigenvalue weighted by atomic mass is 9.72. The van der Waals surface area contributed by atoms with Gasteiger partial charge in [-0.15, -0.1) is 0 Å². The molecule has 0 radical (unpaired) electrons. The van der Waals surface area contributed by atoms with Crippen molar-refractivity contribution in [3.8, 4) is 11.5 Å². The number of nitrogens with zero attached hydrogens (tertiary/aromatic N) is 1. The maximum absolute atomic E-state index is 12.7. The fraction of sp³-hybridized carbons (Fsp3) is 0.333. The molecule has 31 heavy (non-hydrogen) atoms. The number of hydrogen-bond acceptors (Lipinski definition) is 4. The average Bonchev–Trinajstić information content (AvgIpc) is 3.36. The van der Waals surface area contributed by atoms with E-state index < -0.39 is 5.60 Å². The van der Waals surface area contributed by atoms with E-state index in [0.29, 0.717) is 5.75 Å². The number of hydrogen-bond donors (Lipinski definition) is 1. The second-order valence-electron chi connectivity index (χ2n) is 8.17. The minimum Gasteiger partial charge on any atom is -0.497 e. The van der Waals surface area contributed by atoms with E-state index in [9.17, 15) is 5.11 Å². The Labute approximate surface area is 185 Å². The molecular formula is C27H31NO3. The van der Waals surface area contributed by atoms with Gasteiger partial charge in [0.1, 0.15) is 17.1 Å². The first-order valence-electron chi connectivity index (χ1n) is 10.9. The topological polar surface area (TPSA) is 41.9 Å². The van der Waals surface area contributed by atoms with Crippen molar-refractivity contribution in [3.05, 3.63) is 95.6 Å². The molecule has 1 aliphatic rings. The van der Waals surface area contributed by atoms with Gasteiger partial charge in [0.15, 0.2) is 0 Å². The highest BCUT2D eigenvalue weighted by atomic mass is 16.5. The van der Waals surface area contributed by atoms with E-state index in [0.717, 1.165) is 42.1 Å². The van der Waals surface area contributed by atoms with Gasteiger partial charge >= 0.3 is 0 Å². The van der Waals surface area contributed by atoms with Gasteiger partial charge < -0.3 is 19.5 Å². The van der Waals surface area contributed by atoms with Crippen LogP contribution in [0, 0.1) is 0 Å². The summed E-state index contributed by atoms with van der Waals surface area (Å²) >= 11 is 0. The summed E-state index contributed by atoms with van der Waals surface area (Å²) < 4.78 is 11.1. The summed E-state index contributed by atoms with van der Waals surface area (Å²) in [4.78, 5) is 2.46. The van der Waals surface area contributed by atoms with E-state index >= 15 is 0 Å². The molecule has 0 saturated carbocycles. The maximum Gasteiger partial charge on any atom is 0.126 e. The number of benzene rings is 3. The molecule has 1 N–H and O–H groups in total. The SMILES string of the molecule is COc1ccc([C@@](O)(c2ccccc2OC)[C@H](CN2CCCC2)c2ccccc2)cc1. The van der Waals surface area contributed by atoms with Gasteiger partial charge in [0.25, 0.3) is 0 Å². The van der Waals surface area contributed by atoms with Crippen LogP contribution < -0.4 is 9.47 Å². The number of ether oxygens (including phenoxy) is 2. The van der Waals surface area contributed by atoms with E-state index in [1.54, 1.807) is 14.2 Å². The highest BCUT2D eigenvalue weighted by Gasteiger charge is 2.44. The van der Waals surface area contributed by atoms with Crippen LogP contribution in [0.15, 0.2) is 78.9 Å². The van der Waals surface area contributed by atoms with Gasteiger partial charge in [0.2, 0.25) is 0 Å². The summed E-state index contributed by atoms with van der Waals surface area (Å²) in [6.07, 6.45) is 2.41. The molecular weight excluding hydrogens is 386 g/mol. The molecule has 1 saturated heterocycles. The first-order chi connectivity index (χ1) is 15.2. The van der Waals surface area contributed by atoms with Crippen LogP contribution in [0.2, 0.25) is 0 Å². The molecule has 3 aromatic carbocycles. The minimum atomic E-state index is -1.27. The predicted molar refractivity (Wildman–Crippen MR) is 124 cm³/mol. The summed E-state index contributed by atoms with van der Waals surface area (Å²) in [6, 6.07) is 25.9. The average molecular weight is 418 g/mol. The van der Waals surface area contributed by atoms with Gasteiger partial charge in [-0.2, -0.15) is 0 Å². The summed E-state index contributed by atoms with van der Waals surface area (Å²) in [5.41, 5.74) is 1.43. The lowest BCUT2D eigenvalue weighted by Gasteiger charge is -2.40. The number of aliphatic hydroxyl groups is 1. The Morgan fingerprint density at radius 1 is 0.839 bits per heavy atom. The van der Waals surface area contributed by atoms with Crippen LogP contribution in [0.1, 0.15) is 35.4 Å². The minimum absolute atomic E-state index is 0.170. The second-order valence-corrected chi connectivity index (χ2v) is 8.17. The van der Waals surface area contributed by atoms with Gasteiger partial charge in [-0.1, -0.05) is 60.7 Å². The van der Waals surface area contributed by atoms with Gasteiger partial charge in [0.05, 0.1) is 14.2 Å². The molecule has 0 bridgehead atoms. The lowest BCUT2D eigenvalue weighted by Crippen LogP contribution is -2.41. The zero-order valence-corrected chi connectivity index (χ0v) is 18.3. The normalized spacial score (nSPS) is 17.1. The van der Waals surface area contributed by atoms with E-state index in [4.69, 9.17) is 9.47 Å². The molecule has 162 valence electrons. The van der Waals surface area contributed by atoms with Crippen LogP contribution in [0.25, 0.3) is 0 Å². The molecule has 1 fully saturated rings. The Hall–Kier alpha value is -2.82. The molecule has 0 amide bonds. The van der Waals surface area contributed by atoms with Crippen molar-refractivity contribution < 1.29 is 14.6 Å². The van der Waals surface area contributed by atoms with Gasteiger partial charge in [0, 0.05) is 18.0 Å². The monoisotopic (exact) mass is 417 g/mol. The third-order valence-corrected chi connectivity index (χ3v) is 6.39. The summed E-state index contributed by atoms with van der Waals surface area (Å²) in [6.45, 7) is 2.90. The zero-order valence-electron chi connectivity index (χ0n) is 18.3. The molecule has 4 rings (SSSR count). The Bertz CT molecular complexity index is 967. The standard InChI is InChI=1S/C27H31NO3/c1-30-23-16-14-22(15-17-23)27(29,24-12-6-7-13-26(24)31-2)25(20-28-18-8-9-19-28)21-10-4-3-5-11-21/h3-7,10-17,25,29H,8-9,18-20H2,1-2H3/t25-,27-/m1/s1. The maximum atomic E-state index is 12.7. The van der Waals surface area contributed by atoms with Crippen LogP contribution >= 0.6 is 0 Å². The van der Waals surface area contributed by atoms with E-state index in [1.807, 2.05) is 66.7 Å². The van der Waals surface area contributed by atoms with Crippen LogP contribution in [0.5, 0.6) is 11.5 Å². The van der Waals surface area contributed by atoms with E-state index in [-0.39, 0.29) is 5.92 Å². The highest BCUT2D eigenvalue weighted by Crippen LogP contribution is 2.46. The molecule has 1 aliphatic heterocycles. The molecule has 1 heterocycles. The highest BCUT2D eigenvalue weighted by molar-refractivity contribution is 5.49. The van der Waals surface area contributed by atoms with Crippen molar-refractivity contribution >= 4 is 0 Å². The predicted octanol–water partition coefficient (Wildman–Crippen LogP) is 4.82. The Balaban J connectivity index is 1.91. The largest absolute Gasteiger partial charge is 0.497 e. The van der Waals surface area contributed by atoms with Crippen LogP contribution in [0.3, 0.4) is 0 Å². The van der Waals surface area contributed by atoms with Crippen molar-refractivity contribution in [2.75, 3.05) is 33.9 Å². The van der Waals surface area contributed by atoms with Crippen LogP contribution in [-0.2, 0) is 5.60 Å². The van der Waals surface area contributed by atoms with Crippen molar-refractivity contribution in [1.29, 1.82) is 0 Å². The lowest BCUT2D eigenvalue weighted by molar-refractivity contribution is 0.0344. The number of likely N-dealkylation sites (tertiary alicyclic amines) is 1. The molecule has 4 heteroatoms. The second kappa shape index (κ2) is 9.54. The molecule has 0 aromatic heterocycles. The fourth-order valence-corrected chi connectivity index (χ4v) is 4.74. The van der Waals surface area contributed by atoms with E-state index in [2.05, 4.69) is 17.0 Å². The number of para-hydroxylation sites is 1. The van der Waals surface area contributed by atoms with Crippen molar-refractivity contribution in [2.24, 2.45) is 0 Å². The molecule has 0 unspecified atom stereocenters.